The van der Waals surface area contributed by atoms with Crippen molar-refractivity contribution in [2.75, 3.05) is 22.6 Å². The van der Waals surface area contributed by atoms with E-state index in [0.29, 0.717) is 22.5 Å². The molecule has 0 aromatic heterocycles. The number of esters is 1. The maximum Gasteiger partial charge on any atom is 0.418 e. The van der Waals surface area contributed by atoms with Gasteiger partial charge < -0.3 is 30.5 Å². The first kappa shape index (κ1) is 33.4. The maximum absolute atomic E-state index is 13.2. The van der Waals surface area contributed by atoms with Crippen molar-refractivity contribution in [2.45, 2.75) is 51.8 Å². The van der Waals surface area contributed by atoms with Gasteiger partial charge in [0.05, 0.1) is 17.7 Å². The predicted molar refractivity (Wildman–Crippen MR) is 157 cm³/mol. The van der Waals surface area contributed by atoms with Gasteiger partial charge in [0.25, 0.3) is 0 Å². The zero-order chi connectivity index (χ0) is 32.5. The molecule has 0 spiro atoms. The number of halogens is 3. The van der Waals surface area contributed by atoms with Crippen LogP contribution in [0, 0.1) is 0 Å². The van der Waals surface area contributed by atoms with Crippen molar-refractivity contribution in [1.29, 1.82) is 0 Å². The van der Waals surface area contributed by atoms with Crippen LogP contribution in [0.1, 0.15) is 43.9 Å². The monoisotopic (exact) mass is 615 g/mol. The van der Waals surface area contributed by atoms with E-state index >= 15 is 0 Å². The van der Waals surface area contributed by atoms with Crippen molar-refractivity contribution in [1.82, 2.24) is 0 Å². The fourth-order valence-corrected chi connectivity index (χ4v) is 3.96. The van der Waals surface area contributed by atoms with E-state index in [0.717, 1.165) is 12.1 Å². The Bertz CT molecular complexity index is 1500. The fraction of sp³-hybridized carbons (Fsp3) is 0.290. The maximum atomic E-state index is 13.2. The van der Waals surface area contributed by atoms with Gasteiger partial charge in [-0.15, -0.1) is 0 Å². The van der Waals surface area contributed by atoms with Gasteiger partial charge in [-0.25, -0.2) is 9.59 Å². The molecule has 0 atom stereocenters. The molecule has 0 saturated heterocycles. The summed E-state index contributed by atoms with van der Waals surface area (Å²) in [4.78, 5) is 48.1. The number of para-hydroxylation sites is 1. The summed E-state index contributed by atoms with van der Waals surface area (Å²) in [6.07, 6.45) is -4.80. The van der Waals surface area contributed by atoms with Crippen LogP contribution in [-0.2, 0) is 38.1 Å². The highest BCUT2D eigenvalue weighted by atomic mass is 19.4. The number of aryl methyl sites for hydroxylation is 1. The van der Waals surface area contributed by atoms with Gasteiger partial charge in [-0.2, -0.15) is 13.2 Å². The van der Waals surface area contributed by atoms with Crippen molar-refractivity contribution in [3.05, 3.63) is 83.4 Å². The summed E-state index contributed by atoms with van der Waals surface area (Å²) >= 11 is 0. The predicted octanol–water partition coefficient (Wildman–Crippen LogP) is 6.27. The molecule has 3 rings (SSSR count). The summed E-state index contributed by atoms with van der Waals surface area (Å²) < 4.78 is 50.3. The molecular weight excluding hydrogens is 583 g/mol. The van der Waals surface area contributed by atoms with Crippen molar-refractivity contribution < 1.29 is 46.9 Å². The van der Waals surface area contributed by atoms with Crippen LogP contribution in [0.3, 0.4) is 0 Å². The molecule has 3 aromatic rings. The van der Waals surface area contributed by atoms with Crippen LogP contribution < -0.4 is 20.7 Å². The van der Waals surface area contributed by atoms with E-state index < -0.39 is 35.3 Å². The van der Waals surface area contributed by atoms with E-state index in [1.807, 2.05) is 0 Å². The Morgan fingerprint density at radius 1 is 0.841 bits per heavy atom. The number of carboxylic acids is 1. The van der Waals surface area contributed by atoms with Crippen molar-refractivity contribution in [3.63, 3.8) is 0 Å². The summed E-state index contributed by atoms with van der Waals surface area (Å²) in [7, 11) is 0. The highest BCUT2D eigenvalue weighted by Crippen LogP contribution is 2.34. The zero-order valence-electron chi connectivity index (χ0n) is 24.2. The highest BCUT2D eigenvalue weighted by Gasteiger charge is 2.33. The third kappa shape index (κ3) is 11.0. The number of carboxylic acid groups (broad SMARTS) is 1. The van der Waals surface area contributed by atoms with Gasteiger partial charge >= 0.3 is 24.1 Å². The van der Waals surface area contributed by atoms with Gasteiger partial charge in [-0.3, -0.25) is 9.59 Å². The van der Waals surface area contributed by atoms with E-state index in [1.165, 1.54) is 30.3 Å². The second-order valence-corrected chi connectivity index (χ2v) is 10.6. The van der Waals surface area contributed by atoms with Gasteiger partial charge in [-0.05, 0) is 80.8 Å². The minimum absolute atomic E-state index is 0.0488. The molecule has 0 aliphatic heterocycles. The van der Waals surface area contributed by atoms with Crippen LogP contribution >= 0.6 is 0 Å². The summed E-state index contributed by atoms with van der Waals surface area (Å²) in [6, 6.07) is 14.5. The molecule has 234 valence electrons. The lowest BCUT2D eigenvalue weighted by atomic mass is 10.1. The molecule has 0 heterocycles. The molecule has 0 aliphatic rings. The Balaban J connectivity index is 1.59. The Morgan fingerprint density at radius 3 is 2.14 bits per heavy atom. The van der Waals surface area contributed by atoms with Crippen LogP contribution in [0.4, 0.5) is 35.0 Å². The number of hydrogen-bond acceptors (Lipinski definition) is 6. The van der Waals surface area contributed by atoms with Crippen LogP contribution in [-0.4, -0.2) is 41.2 Å². The number of nitrogens with one attached hydrogen (secondary N) is 3. The summed E-state index contributed by atoms with van der Waals surface area (Å²) in [5, 5.41) is 16.5. The van der Waals surface area contributed by atoms with Crippen LogP contribution in [0.25, 0.3) is 0 Å². The minimum atomic E-state index is -4.64. The lowest BCUT2D eigenvalue weighted by Crippen LogP contribution is -2.27. The molecule has 13 heteroatoms. The van der Waals surface area contributed by atoms with E-state index in [-0.39, 0.29) is 43.2 Å². The van der Waals surface area contributed by atoms with Gasteiger partial charge in [-0.1, -0.05) is 24.3 Å². The van der Waals surface area contributed by atoms with Crippen molar-refractivity contribution in [3.8, 4) is 5.75 Å². The Hall–Kier alpha value is -5.07. The second-order valence-electron chi connectivity index (χ2n) is 10.6. The number of amides is 3. The molecule has 3 amide bonds. The lowest BCUT2D eigenvalue weighted by molar-refractivity contribution is -0.157. The molecular formula is C31H32F3N3O7. The molecule has 0 fully saturated rings. The Labute approximate surface area is 251 Å². The molecule has 10 nitrogen and oxygen atoms in total. The molecule has 0 bridgehead atoms. The first-order valence-corrected chi connectivity index (χ1v) is 13.4. The first-order valence-electron chi connectivity index (χ1n) is 13.4. The fourth-order valence-electron chi connectivity index (χ4n) is 3.96. The molecule has 3 aromatic carbocycles. The standard InChI is InChI=1S/C31H32F3N3O7/c1-30(2,3)44-28(41)18-43-25-14-13-22(17-20(25)10-15-27(39)40)35-26(38)16-19-8-11-21(12-9-19)36-29(42)37-24-7-5-4-6-23(24)31(32,33)34/h4-9,11-14,17H,10,15-16,18H2,1-3H3,(H,35,38)(H,39,40)(H2,36,37,42). The number of hydrogen-bond donors (Lipinski definition) is 4. The lowest BCUT2D eigenvalue weighted by Gasteiger charge is -2.20. The molecule has 0 saturated carbocycles. The van der Waals surface area contributed by atoms with E-state index in [9.17, 15) is 32.3 Å². The second kappa shape index (κ2) is 14.4. The summed E-state index contributed by atoms with van der Waals surface area (Å²) in [5.74, 6) is -1.73. The number of aliphatic carboxylic acids is 1. The smallest absolute Gasteiger partial charge is 0.418 e. The average Bonchev–Trinajstić information content (AvgIpc) is 2.91. The molecule has 4 N–H and O–H groups in total. The van der Waals surface area contributed by atoms with E-state index in [1.54, 1.807) is 45.0 Å². The normalized spacial score (nSPS) is 11.3. The van der Waals surface area contributed by atoms with Crippen molar-refractivity contribution in [2.24, 2.45) is 0 Å². The SMILES string of the molecule is CC(C)(C)OC(=O)COc1ccc(NC(=O)Cc2ccc(NC(=O)Nc3ccccc3C(F)(F)F)cc2)cc1CCC(=O)O. The van der Waals surface area contributed by atoms with Crippen LogP contribution in [0.15, 0.2) is 66.7 Å². The molecule has 44 heavy (non-hydrogen) atoms. The molecule has 0 unspecified atom stereocenters. The number of benzene rings is 3. The van der Waals surface area contributed by atoms with Gasteiger partial charge in [0.2, 0.25) is 5.91 Å². The molecule has 0 radical (unpaired) electrons. The number of carbonyl (C=O) groups is 4. The van der Waals surface area contributed by atoms with E-state index in [2.05, 4.69) is 16.0 Å². The van der Waals surface area contributed by atoms with Gasteiger partial charge in [0.1, 0.15) is 11.4 Å². The topological polar surface area (TPSA) is 143 Å². The van der Waals surface area contributed by atoms with Gasteiger partial charge in [0.15, 0.2) is 6.61 Å². The Morgan fingerprint density at radius 2 is 1.50 bits per heavy atom. The average molecular weight is 616 g/mol. The quantitative estimate of drug-likeness (QED) is 0.186. The summed E-state index contributed by atoms with van der Waals surface area (Å²) in [5.41, 5.74) is -0.332. The first-order chi connectivity index (χ1) is 20.6. The number of ether oxygens (including phenoxy) is 2. The third-order valence-electron chi connectivity index (χ3n) is 5.78. The van der Waals surface area contributed by atoms with E-state index in [4.69, 9.17) is 14.6 Å². The number of anilines is 3. The van der Waals surface area contributed by atoms with Crippen LogP contribution in [0.5, 0.6) is 5.75 Å². The Kier molecular flexibility index (Phi) is 10.9. The number of carbonyl (C=O) groups excluding carboxylic acids is 3. The molecule has 0 aliphatic carbocycles. The zero-order valence-corrected chi connectivity index (χ0v) is 24.2. The number of rotatable bonds is 11. The van der Waals surface area contributed by atoms with Gasteiger partial charge in [0, 0.05) is 17.8 Å². The summed E-state index contributed by atoms with van der Waals surface area (Å²) in [6.45, 7) is 4.78. The largest absolute Gasteiger partial charge is 0.482 e. The van der Waals surface area contributed by atoms with Crippen LogP contribution in [0.2, 0.25) is 0 Å². The number of urea groups is 1. The van der Waals surface area contributed by atoms with Crippen molar-refractivity contribution >= 4 is 40.9 Å². The number of alkyl halides is 3. The minimum Gasteiger partial charge on any atom is -0.482 e. The highest BCUT2D eigenvalue weighted by molar-refractivity contribution is 6.00. The third-order valence-corrected chi connectivity index (χ3v) is 5.78.